The van der Waals surface area contributed by atoms with Gasteiger partial charge < -0.3 is 4.42 Å². The van der Waals surface area contributed by atoms with E-state index in [1.807, 2.05) is 39.2 Å². The van der Waals surface area contributed by atoms with Crippen molar-refractivity contribution in [3.63, 3.8) is 0 Å². The summed E-state index contributed by atoms with van der Waals surface area (Å²) in [5.41, 5.74) is 8.69. The third-order valence-corrected chi connectivity index (χ3v) is 8.64. The number of aryl methyl sites for hydroxylation is 2. The fraction of sp³-hybridized carbons (Fsp3) is 0.400. The van der Waals surface area contributed by atoms with Crippen LogP contribution in [0.4, 0.5) is 0 Å². The maximum atomic E-state index is 8.74. The van der Waals surface area contributed by atoms with Crippen LogP contribution in [0.5, 0.6) is 0 Å². The van der Waals surface area contributed by atoms with Crippen molar-refractivity contribution in [3.8, 4) is 11.3 Å². The number of benzene rings is 3. The van der Waals surface area contributed by atoms with Gasteiger partial charge in [0.25, 0.3) is 0 Å². The predicted molar refractivity (Wildman–Crippen MR) is 156 cm³/mol. The van der Waals surface area contributed by atoms with Gasteiger partial charge in [0, 0.05) is 31.0 Å². The number of furan rings is 1. The summed E-state index contributed by atoms with van der Waals surface area (Å²) in [5, 5.41) is 4.72. The predicted octanol–water partition coefficient (Wildman–Crippen LogP) is 9.09. The van der Waals surface area contributed by atoms with Crippen molar-refractivity contribution in [1.82, 2.24) is 0 Å². The minimum atomic E-state index is -1.42. The van der Waals surface area contributed by atoms with Crippen LogP contribution in [0.2, 0.25) is 0 Å². The van der Waals surface area contributed by atoms with Gasteiger partial charge in [-0.25, -0.2) is 4.57 Å². The van der Waals surface area contributed by atoms with Crippen LogP contribution in [-0.4, -0.2) is 0 Å². The minimum absolute atomic E-state index is 0.0551. The number of nitrogens with zero attached hydrogens (tertiary/aromatic N) is 1. The lowest BCUT2D eigenvalue weighted by Gasteiger charge is -2.42. The van der Waals surface area contributed by atoms with Crippen molar-refractivity contribution >= 4 is 32.7 Å². The highest BCUT2D eigenvalue weighted by Gasteiger charge is 2.39. The van der Waals surface area contributed by atoms with E-state index < -0.39 is 6.37 Å². The summed E-state index contributed by atoms with van der Waals surface area (Å²) >= 11 is 0. The van der Waals surface area contributed by atoms with Gasteiger partial charge in [0.1, 0.15) is 18.2 Å². The monoisotopic (exact) mass is 492 g/mol. The highest BCUT2D eigenvalue weighted by molar-refractivity contribution is 6.18. The van der Waals surface area contributed by atoms with Crippen LogP contribution in [0.1, 0.15) is 79.4 Å². The van der Waals surface area contributed by atoms with Gasteiger partial charge in [-0.1, -0.05) is 71.9 Å². The maximum Gasteiger partial charge on any atom is 0.216 e. The second-order valence-corrected chi connectivity index (χ2v) is 12.7. The molecule has 2 heteroatoms. The molecule has 0 radical (unpaired) electrons. The van der Waals surface area contributed by atoms with Crippen LogP contribution in [0, 0.1) is 12.8 Å². The summed E-state index contributed by atoms with van der Waals surface area (Å²) in [7, 11) is 2.03. The van der Waals surface area contributed by atoms with E-state index in [9.17, 15) is 0 Å². The topological polar surface area (TPSA) is 17.0 Å². The average molecular weight is 493 g/mol. The molecular formula is C35H40NO+. The van der Waals surface area contributed by atoms with E-state index in [2.05, 4.69) is 75.6 Å². The number of hydrogen-bond donors (Lipinski definition) is 0. The first-order valence-electron chi connectivity index (χ1n) is 14.7. The van der Waals surface area contributed by atoms with Crippen molar-refractivity contribution in [2.45, 2.75) is 78.5 Å². The molecule has 5 aromatic rings. The highest BCUT2D eigenvalue weighted by atomic mass is 16.3. The van der Waals surface area contributed by atoms with E-state index in [1.165, 1.54) is 28.3 Å². The lowest BCUT2D eigenvalue weighted by Crippen LogP contribution is -2.34. The van der Waals surface area contributed by atoms with Crippen molar-refractivity contribution in [2.24, 2.45) is 13.0 Å². The minimum Gasteiger partial charge on any atom is -0.454 e. The van der Waals surface area contributed by atoms with Gasteiger partial charge in [-0.3, -0.25) is 0 Å². The molecule has 0 saturated heterocycles. The summed E-state index contributed by atoms with van der Waals surface area (Å²) in [6.45, 7) is 15.5. The quantitative estimate of drug-likeness (QED) is 0.230. The second kappa shape index (κ2) is 8.18. The molecule has 0 atom stereocenters. The zero-order valence-corrected chi connectivity index (χ0v) is 23.5. The molecule has 37 heavy (non-hydrogen) atoms. The Morgan fingerprint density at radius 2 is 1.59 bits per heavy atom. The molecule has 1 aliphatic carbocycles. The Bertz CT molecular complexity index is 1790. The molecule has 2 nitrogen and oxygen atoms in total. The SMILES string of the molecule is [2H]C([2H])(c1cc[n+](C)c(-c2c(C)ccc3c2oc2c3ccc3ccc4c(c32)C(C)(C)CCC4(C)C)c1)C(C)C. The van der Waals surface area contributed by atoms with E-state index in [0.29, 0.717) is 5.56 Å². The van der Waals surface area contributed by atoms with Crippen molar-refractivity contribution in [1.29, 1.82) is 0 Å². The molecule has 0 amide bonds. The molecule has 3 aromatic carbocycles. The smallest absolute Gasteiger partial charge is 0.216 e. The highest BCUT2D eigenvalue weighted by Crippen LogP contribution is 2.51. The molecule has 0 spiro atoms. The Kier molecular flexibility index (Phi) is 4.85. The van der Waals surface area contributed by atoms with Crippen LogP contribution in [0.25, 0.3) is 44.0 Å². The van der Waals surface area contributed by atoms with Crippen LogP contribution in [-0.2, 0) is 24.3 Å². The molecule has 0 fully saturated rings. The largest absolute Gasteiger partial charge is 0.454 e. The lowest BCUT2D eigenvalue weighted by atomic mass is 9.62. The van der Waals surface area contributed by atoms with Gasteiger partial charge in [-0.15, -0.1) is 0 Å². The van der Waals surface area contributed by atoms with Gasteiger partial charge >= 0.3 is 0 Å². The molecule has 0 unspecified atom stereocenters. The van der Waals surface area contributed by atoms with Crippen LogP contribution in [0.3, 0.4) is 0 Å². The normalized spacial score (nSPS) is 17.9. The molecule has 0 bridgehead atoms. The van der Waals surface area contributed by atoms with E-state index in [4.69, 9.17) is 7.16 Å². The van der Waals surface area contributed by atoms with Gasteiger partial charge in [0.15, 0.2) is 6.20 Å². The lowest BCUT2D eigenvalue weighted by molar-refractivity contribution is -0.660. The van der Waals surface area contributed by atoms with E-state index in [1.54, 1.807) is 0 Å². The molecule has 6 rings (SSSR count). The standard InChI is InChI=1S/C35H40NO/c1-21(2)19-23-15-18-36(8)28(20-23)29-22(3)9-12-25-26-13-10-24-11-14-27-31(30(24)33(26)37-32(25)29)35(6,7)17-16-34(27,4)5/h9-15,18,20-21H,16-17,19H2,1-8H3/q+1/i19D2. The Balaban J connectivity index is 1.72. The summed E-state index contributed by atoms with van der Waals surface area (Å²) in [6, 6.07) is 17.4. The molecular weight excluding hydrogens is 450 g/mol. The van der Waals surface area contributed by atoms with E-state index in [-0.39, 0.29) is 16.7 Å². The third kappa shape index (κ3) is 3.71. The van der Waals surface area contributed by atoms with Crippen molar-refractivity contribution in [2.75, 3.05) is 0 Å². The van der Waals surface area contributed by atoms with E-state index >= 15 is 0 Å². The molecule has 1 aliphatic rings. The average Bonchev–Trinajstić information content (AvgIpc) is 3.25. The number of fused-ring (bicyclic) bond motifs is 7. The summed E-state index contributed by atoms with van der Waals surface area (Å²) in [6.07, 6.45) is 2.87. The fourth-order valence-electron chi connectivity index (χ4n) is 6.52. The summed E-state index contributed by atoms with van der Waals surface area (Å²) in [5.74, 6) is -0.133. The first-order chi connectivity index (χ1) is 18.2. The molecule has 0 aliphatic heterocycles. The molecule has 0 N–H and O–H groups in total. The molecule has 190 valence electrons. The number of aromatic nitrogens is 1. The van der Waals surface area contributed by atoms with Crippen LogP contribution >= 0.6 is 0 Å². The van der Waals surface area contributed by atoms with E-state index in [0.717, 1.165) is 45.2 Å². The Labute approximate surface area is 224 Å². The number of rotatable bonds is 3. The number of hydrogen-bond acceptors (Lipinski definition) is 1. The van der Waals surface area contributed by atoms with Crippen LogP contribution in [0.15, 0.2) is 59.1 Å². The zero-order valence-electron chi connectivity index (χ0n) is 25.5. The van der Waals surface area contributed by atoms with Gasteiger partial charge in [-0.2, -0.15) is 0 Å². The molecule has 2 heterocycles. The third-order valence-electron chi connectivity index (χ3n) is 8.64. The molecule has 0 saturated carbocycles. The zero-order chi connectivity index (χ0) is 28.1. The molecule has 2 aromatic heterocycles. The van der Waals surface area contributed by atoms with Gasteiger partial charge in [-0.05, 0) is 76.6 Å². The first kappa shape index (κ1) is 21.9. The Morgan fingerprint density at radius 3 is 2.35 bits per heavy atom. The van der Waals surface area contributed by atoms with Crippen molar-refractivity contribution < 1.29 is 11.7 Å². The van der Waals surface area contributed by atoms with Crippen molar-refractivity contribution in [3.05, 3.63) is 77.0 Å². The first-order valence-corrected chi connectivity index (χ1v) is 13.7. The Morgan fingerprint density at radius 1 is 0.919 bits per heavy atom. The summed E-state index contributed by atoms with van der Waals surface area (Å²) in [4.78, 5) is 0. The fourth-order valence-corrected chi connectivity index (χ4v) is 6.52. The van der Waals surface area contributed by atoms with Gasteiger partial charge in [0.05, 0.1) is 5.56 Å². The van der Waals surface area contributed by atoms with Crippen LogP contribution < -0.4 is 4.57 Å². The summed E-state index contributed by atoms with van der Waals surface area (Å²) < 4.78 is 26.5. The Hall–Kier alpha value is -3.13. The van der Waals surface area contributed by atoms with Gasteiger partial charge in [0.2, 0.25) is 5.69 Å². The second-order valence-electron chi connectivity index (χ2n) is 12.7. The maximum absolute atomic E-state index is 8.74. The number of pyridine rings is 1.